The number of ether oxygens (including phenoxy) is 1. The van der Waals surface area contributed by atoms with Crippen molar-refractivity contribution in [3.05, 3.63) is 60.2 Å². The maximum absolute atomic E-state index is 12.6. The first kappa shape index (κ1) is 19.5. The molecule has 2 amide bonds. The number of nitrogens with one attached hydrogen (secondary N) is 1. The predicted molar refractivity (Wildman–Crippen MR) is 104 cm³/mol. The van der Waals surface area contributed by atoms with Gasteiger partial charge in [-0.3, -0.25) is 9.59 Å². The lowest BCUT2D eigenvalue weighted by Crippen LogP contribution is -2.35. The van der Waals surface area contributed by atoms with Crippen molar-refractivity contribution in [3.63, 3.8) is 0 Å². The standard InChI is InChI=1S/C21H26N2O3/c1-3-4-16-23(17-10-6-5-7-11-17)20(24)14-15-22-21(25)18-12-8-9-13-19(18)26-2/h5-13H,3-4,14-16H2,1-2H3,(H,22,25). The molecule has 0 aromatic heterocycles. The van der Waals surface area contributed by atoms with Crippen LogP contribution in [0.5, 0.6) is 5.75 Å². The molecule has 0 fully saturated rings. The fourth-order valence-electron chi connectivity index (χ4n) is 2.67. The molecule has 2 aromatic carbocycles. The van der Waals surface area contributed by atoms with Crippen LogP contribution < -0.4 is 15.0 Å². The van der Waals surface area contributed by atoms with Gasteiger partial charge in [0.15, 0.2) is 0 Å². The Kier molecular flexibility index (Phi) is 7.68. The van der Waals surface area contributed by atoms with E-state index in [2.05, 4.69) is 12.2 Å². The van der Waals surface area contributed by atoms with Gasteiger partial charge in [-0.25, -0.2) is 0 Å². The fourth-order valence-corrected chi connectivity index (χ4v) is 2.67. The van der Waals surface area contributed by atoms with E-state index >= 15 is 0 Å². The number of rotatable bonds is 9. The molecule has 0 saturated heterocycles. The topological polar surface area (TPSA) is 58.6 Å². The second kappa shape index (κ2) is 10.2. The Morgan fingerprint density at radius 2 is 1.73 bits per heavy atom. The summed E-state index contributed by atoms with van der Waals surface area (Å²) in [5, 5.41) is 2.80. The largest absolute Gasteiger partial charge is 0.496 e. The number of methoxy groups -OCH3 is 1. The van der Waals surface area contributed by atoms with Crippen LogP contribution >= 0.6 is 0 Å². The lowest BCUT2D eigenvalue weighted by molar-refractivity contribution is -0.118. The quantitative estimate of drug-likeness (QED) is 0.748. The number of benzene rings is 2. The Labute approximate surface area is 155 Å². The van der Waals surface area contributed by atoms with Crippen LogP contribution in [0.1, 0.15) is 36.5 Å². The predicted octanol–water partition coefficient (Wildman–Crippen LogP) is 3.65. The maximum atomic E-state index is 12.6. The van der Waals surface area contributed by atoms with E-state index in [4.69, 9.17) is 4.74 Å². The van der Waals surface area contributed by atoms with Gasteiger partial charge < -0.3 is 15.0 Å². The molecule has 0 aliphatic carbocycles. The Morgan fingerprint density at radius 1 is 1.04 bits per heavy atom. The van der Waals surface area contributed by atoms with Crippen molar-refractivity contribution in [3.8, 4) is 5.75 Å². The zero-order valence-corrected chi connectivity index (χ0v) is 15.4. The van der Waals surface area contributed by atoms with E-state index in [9.17, 15) is 9.59 Å². The number of carbonyl (C=O) groups excluding carboxylic acids is 2. The highest BCUT2D eigenvalue weighted by molar-refractivity contribution is 5.98. The molecule has 0 radical (unpaired) electrons. The smallest absolute Gasteiger partial charge is 0.255 e. The van der Waals surface area contributed by atoms with Crippen LogP contribution in [0.3, 0.4) is 0 Å². The molecule has 2 aromatic rings. The van der Waals surface area contributed by atoms with Gasteiger partial charge in [0.25, 0.3) is 5.91 Å². The van der Waals surface area contributed by atoms with Crippen molar-refractivity contribution >= 4 is 17.5 Å². The van der Waals surface area contributed by atoms with Gasteiger partial charge in [0.1, 0.15) is 5.75 Å². The van der Waals surface area contributed by atoms with Crippen LogP contribution in [0.4, 0.5) is 5.69 Å². The van der Waals surface area contributed by atoms with Crippen molar-refractivity contribution in [1.82, 2.24) is 5.32 Å². The highest BCUT2D eigenvalue weighted by Gasteiger charge is 2.16. The third kappa shape index (κ3) is 5.34. The number of amides is 2. The average Bonchev–Trinajstić information content (AvgIpc) is 2.69. The van der Waals surface area contributed by atoms with E-state index in [0.29, 0.717) is 17.9 Å². The second-order valence-corrected chi connectivity index (χ2v) is 5.94. The van der Waals surface area contributed by atoms with Crippen LogP contribution in [-0.2, 0) is 4.79 Å². The number of nitrogens with zero attached hydrogens (tertiary/aromatic N) is 1. The van der Waals surface area contributed by atoms with Crippen LogP contribution in [-0.4, -0.2) is 32.0 Å². The summed E-state index contributed by atoms with van der Waals surface area (Å²) in [6.07, 6.45) is 2.20. The van der Waals surface area contributed by atoms with Crippen LogP contribution in [0.15, 0.2) is 54.6 Å². The number of para-hydroxylation sites is 2. The lowest BCUT2D eigenvalue weighted by atomic mass is 10.2. The Morgan fingerprint density at radius 3 is 2.42 bits per heavy atom. The van der Waals surface area contributed by atoms with Gasteiger partial charge in [0, 0.05) is 25.2 Å². The minimum absolute atomic E-state index is 0.00461. The van der Waals surface area contributed by atoms with Gasteiger partial charge in [-0.05, 0) is 30.7 Å². The first-order valence-electron chi connectivity index (χ1n) is 8.94. The molecule has 0 aliphatic rings. The number of unbranched alkanes of at least 4 members (excludes halogenated alkanes) is 1. The van der Waals surface area contributed by atoms with Crippen molar-refractivity contribution in [2.24, 2.45) is 0 Å². The Bertz CT molecular complexity index is 716. The van der Waals surface area contributed by atoms with E-state index in [1.54, 1.807) is 23.1 Å². The molecule has 5 heteroatoms. The summed E-state index contributed by atoms with van der Waals surface area (Å²) in [4.78, 5) is 26.7. The number of anilines is 1. The molecule has 0 unspecified atom stereocenters. The van der Waals surface area contributed by atoms with Crippen molar-refractivity contribution < 1.29 is 14.3 Å². The lowest BCUT2D eigenvalue weighted by Gasteiger charge is -2.23. The maximum Gasteiger partial charge on any atom is 0.255 e. The highest BCUT2D eigenvalue weighted by atomic mass is 16.5. The molecule has 0 bridgehead atoms. The fraction of sp³-hybridized carbons (Fsp3) is 0.333. The molecule has 0 saturated carbocycles. The normalized spacial score (nSPS) is 10.2. The summed E-state index contributed by atoms with van der Waals surface area (Å²) in [6, 6.07) is 16.7. The zero-order valence-electron chi connectivity index (χ0n) is 15.4. The third-order valence-electron chi connectivity index (χ3n) is 4.08. The van der Waals surface area contributed by atoms with Gasteiger partial charge in [0.05, 0.1) is 12.7 Å². The number of hydrogen-bond acceptors (Lipinski definition) is 3. The van der Waals surface area contributed by atoms with Gasteiger partial charge in [-0.15, -0.1) is 0 Å². The van der Waals surface area contributed by atoms with Gasteiger partial charge in [-0.1, -0.05) is 43.7 Å². The number of hydrogen-bond donors (Lipinski definition) is 1. The molecule has 0 spiro atoms. The second-order valence-electron chi connectivity index (χ2n) is 5.94. The summed E-state index contributed by atoms with van der Waals surface area (Å²) in [6.45, 7) is 3.06. The summed E-state index contributed by atoms with van der Waals surface area (Å²) < 4.78 is 5.20. The first-order chi connectivity index (χ1) is 12.7. The van der Waals surface area contributed by atoms with Crippen LogP contribution in [0, 0.1) is 0 Å². The SMILES string of the molecule is CCCCN(C(=O)CCNC(=O)c1ccccc1OC)c1ccccc1. The molecule has 0 aliphatic heterocycles. The molecule has 0 heterocycles. The van der Waals surface area contributed by atoms with Crippen molar-refractivity contribution in [1.29, 1.82) is 0 Å². The van der Waals surface area contributed by atoms with Gasteiger partial charge >= 0.3 is 0 Å². The summed E-state index contributed by atoms with van der Waals surface area (Å²) in [5.74, 6) is 0.283. The minimum Gasteiger partial charge on any atom is -0.496 e. The molecule has 2 rings (SSSR count). The van der Waals surface area contributed by atoms with E-state index in [1.165, 1.54) is 7.11 Å². The summed E-state index contributed by atoms with van der Waals surface area (Å²) in [5.41, 5.74) is 1.36. The zero-order chi connectivity index (χ0) is 18.8. The molecule has 5 nitrogen and oxygen atoms in total. The van der Waals surface area contributed by atoms with Crippen molar-refractivity contribution in [2.45, 2.75) is 26.2 Å². The third-order valence-corrected chi connectivity index (χ3v) is 4.08. The molecule has 26 heavy (non-hydrogen) atoms. The molecule has 1 N–H and O–H groups in total. The Hall–Kier alpha value is -2.82. The molecular formula is C21H26N2O3. The van der Waals surface area contributed by atoms with Gasteiger partial charge in [0.2, 0.25) is 5.91 Å². The minimum atomic E-state index is -0.241. The molecule has 138 valence electrons. The van der Waals surface area contributed by atoms with E-state index in [1.807, 2.05) is 36.4 Å². The molecule has 0 atom stereocenters. The van der Waals surface area contributed by atoms with E-state index in [-0.39, 0.29) is 24.8 Å². The molecular weight excluding hydrogens is 328 g/mol. The van der Waals surface area contributed by atoms with Crippen LogP contribution in [0.2, 0.25) is 0 Å². The average molecular weight is 354 g/mol. The van der Waals surface area contributed by atoms with Crippen molar-refractivity contribution in [2.75, 3.05) is 25.1 Å². The Balaban J connectivity index is 1.94. The van der Waals surface area contributed by atoms with E-state index in [0.717, 1.165) is 18.5 Å². The van der Waals surface area contributed by atoms with Gasteiger partial charge in [-0.2, -0.15) is 0 Å². The number of carbonyl (C=O) groups is 2. The summed E-state index contributed by atoms with van der Waals surface area (Å²) >= 11 is 0. The highest BCUT2D eigenvalue weighted by Crippen LogP contribution is 2.17. The summed E-state index contributed by atoms with van der Waals surface area (Å²) in [7, 11) is 1.53. The van der Waals surface area contributed by atoms with Crippen LogP contribution in [0.25, 0.3) is 0 Å². The van der Waals surface area contributed by atoms with E-state index < -0.39 is 0 Å². The monoisotopic (exact) mass is 354 g/mol. The first-order valence-corrected chi connectivity index (χ1v) is 8.94.